The van der Waals surface area contributed by atoms with Crippen molar-refractivity contribution < 1.29 is 9.59 Å². The van der Waals surface area contributed by atoms with Crippen LogP contribution in [-0.2, 0) is 9.59 Å². The van der Waals surface area contributed by atoms with Gasteiger partial charge in [0.05, 0.1) is 11.5 Å². The lowest BCUT2D eigenvalue weighted by atomic mass is 10.2. The third kappa shape index (κ3) is 7.40. The number of amides is 2. The summed E-state index contributed by atoms with van der Waals surface area (Å²) in [5, 5.41) is 15.0. The Kier molecular flexibility index (Phi) is 8.62. The Morgan fingerprint density at radius 2 is 1.26 bits per heavy atom. The molecule has 2 amide bonds. The molecule has 0 spiro atoms. The van der Waals surface area contributed by atoms with Gasteiger partial charge in [0, 0.05) is 21.4 Å². The highest BCUT2D eigenvalue weighted by molar-refractivity contribution is 8.03. The number of hydrogen-bond donors (Lipinski definition) is 2. The highest BCUT2D eigenvalue weighted by Crippen LogP contribution is 2.29. The number of hydrogen-bond acceptors (Lipinski definition) is 7. The van der Waals surface area contributed by atoms with Crippen LogP contribution in [0.25, 0.3) is 0 Å². The molecule has 3 rings (SSSR count). The van der Waals surface area contributed by atoms with E-state index >= 15 is 0 Å². The average Bonchev–Trinajstić information content (AvgIpc) is 3.18. The Balaban J connectivity index is 1.45. The van der Waals surface area contributed by atoms with Gasteiger partial charge in [-0.1, -0.05) is 70.2 Å². The van der Waals surface area contributed by atoms with Gasteiger partial charge in [0.15, 0.2) is 8.68 Å². The first-order chi connectivity index (χ1) is 14.8. The number of halogens is 2. The largest absolute Gasteiger partial charge is 0.325 e. The van der Waals surface area contributed by atoms with Gasteiger partial charge in [-0.2, -0.15) is 0 Å². The quantitative estimate of drug-likeness (QED) is 0.364. The molecule has 31 heavy (non-hydrogen) atoms. The molecule has 0 atom stereocenters. The molecule has 1 aromatic heterocycles. The van der Waals surface area contributed by atoms with Crippen molar-refractivity contribution in [2.24, 2.45) is 0 Å². The van der Waals surface area contributed by atoms with Crippen molar-refractivity contribution in [3.05, 3.63) is 57.6 Å². The lowest BCUT2D eigenvalue weighted by Gasteiger charge is -2.08. The van der Waals surface area contributed by atoms with Crippen molar-refractivity contribution in [3.8, 4) is 0 Å². The van der Waals surface area contributed by atoms with Crippen molar-refractivity contribution in [1.82, 2.24) is 10.2 Å². The van der Waals surface area contributed by atoms with Gasteiger partial charge < -0.3 is 10.6 Å². The number of nitrogens with one attached hydrogen (secondary N) is 2. The van der Waals surface area contributed by atoms with E-state index in [2.05, 4.69) is 20.8 Å². The molecule has 2 N–H and O–H groups in total. The molecule has 0 aliphatic heterocycles. The second-order valence-electron chi connectivity index (χ2n) is 6.43. The van der Waals surface area contributed by atoms with E-state index in [1.54, 1.807) is 24.3 Å². The Labute approximate surface area is 202 Å². The fourth-order valence-corrected chi connectivity index (χ4v) is 5.36. The second kappa shape index (κ2) is 11.2. The van der Waals surface area contributed by atoms with Crippen LogP contribution in [0.3, 0.4) is 0 Å². The van der Waals surface area contributed by atoms with Crippen LogP contribution in [-0.4, -0.2) is 33.5 Å². The molecule has 0 radical (unpaired) electrons. The van der Waals surface area contributed by atoms with Crippen molar-refractivity contribution in [2.75, 3.05) is 22.1 Å². The number of aryl methyl sites for hydroxylation is 2. The van der Waals surface area contributed by atoms with Gasteiger partial charge in [-0.05, 0) is 49.2 Å². The maximum Gasteiger partial charge on any atom is 0.234 e. The molecule has 0 aliphatic rings. The number of rotatable bonds is 8. The topological polar surface area (TPSA) is 84.0 Å². The molecule has 0 bridgehead atoms. The number of nitrogens with zero attached hydrogens (tertiary/aromatic N) is 2. The minimum atomic E-state index is -0.156. The molecule has 3 aromatic rings. The molecule has 162 valence electrons. The third-order valence-electron chi connectivity index (χ3n) is 3.99. The summed E-state index contributed by atoms with van der Waals surface area (Å²) in [4.78, 5) is 24.4. The van der Waals surface area contributed by atoms with E-state index in [9.17, 15) is 9.59 Å². The lowest BCUT2D eigenvalue weighted by molar-refractivity contribution is -0.114. The standard InChI is InChI=1S/C20H18Cl2N4O2S3/c1-11-3-5-13(21)7-15(11)23-17(27)9-29-19-25-26-20(31-19)30-10-18(28)24-16-8-14(22)6-4-12(16)2/h3-8H,9-10H2,1-2H3,(H,23,27)(H,24,28). The summed E-state index contributed by atoms with van der Waals surface area (Å²) in [6, 6.07) is 10.7. The summed E-state index contributed by atoms with van der Waals surface area (Å²) in [5.41, 5.74) is 3.24. The van der Waals surface area contributed by atoms with Crippen molar-refractivity contribution in [2.45, 2.75) is 22.5 Å². The van der Waals surface area contributed by atoms with E-state index in [1.807, 2.05) is 26.0 Å². The smallest absolute Gasteiger partial charge is 0.234 e. The van der Waals surface area contributed by atoms with Gasteiger partial charge in [0.1, 0.15) is 0 Å². The first-order valence-electron chi connectivity index (χ1n) is 9.01. The van der Waals surface area contributed by atoms with Crippen LogP contribution >= 0.6 is 58.1 Å². The Morgan fingerprint density at radius 1 is 0.839 bits per heavy atom. The maximum atomic E-state index is 12.2. The zero-order chi connectivity index (χ0) is 22.4. The highest BCUT2D eigenvalue weighted by atomic mass is 35.5. The van der Waals surface area contributed by atoms with Crippen LogP contribution in [0.1, 0.15) is 11.1 Å². The molecule has 11 heteroatoms. The average molecular weight is 513 g/mol. The second-order valence-corrected chi connectivity index (χ2v) is 10.7. The summed E-state index contributed by atoms with van der Waals surface area (Å²) in [6.45, 7) is 3.80. The van der Waals surface area contributed by atoms with Gasteiger partial charge in [-0.25, -0.2) is 0 Å². The summed E-state index contributed by atoms with van der Waals surface area (Å²) < 4.78 is 1.32. The van der Waals surface area contributed by atoms with Gasteiger partial charge in [-0.3, -0.25) is 9.59 Å². The summed E-state index contributed by atoms with van der Waals surface area (Å²) in [7, 11) is 0. The zero-order valence-corrected chi connectivity index (χ0v) is 20.5. The molecule has 0 fully saturated rings. The van der Waals surface area contributed by atoms with E-state index < -0.39 is 0 Å². The Morgan fingerprint density at radius 3 is 1.68 bits per heavy atom. The maximum absolute atomic E-state index is 12.2. The minimum absolute atomic E-state index is 0.156. The van der Waals surface area contributed by atoms with Gasteiger partial charge >= 0.3 is 0 Å². The molecule has 1 heterocycles. The van der Waals surface area contributed by atoms with Crippen molar-refractivity contribution in [3.63, 3.8) is 0 Å². The molecular weight excluding hydrogens is 495 g/mol. The van der Waals surface area contributed by atoms with Crippen LogP contribution in [0, 0.1) is 13.8 Å². The fraction of sp³-hybridized carbons (Fsp3) is 0.200. The summed E-state index contributed by atoms with van der Waals surface area (Å²) >= 11 is 15.9. The molecule has 0 unspecified atom stereocenters. The van der Waals surface area contributed by atoms with Gasteiger partial charge in [-0.15, -0.1) is 10.2 Å². The van der Waals surface area contributed by atoms with Gasteiger partial charge in [0.2, 0.25) is 11.8 Å². The van der Waals surface area contributed by atoms with Crippen molar-refractivity contribution >= 4 is 81.3 Å². The van der Waals surface area contributed by atoms with Crippen LogP contribution in [0.2, 0.25) is 10.0 Å². The van der Waals surface area contributed by atoms with Crippen LogP contribution in [0.5, 0.6) is 0 Å². The molecule has 6 nitrogen and oxygen atoms in total. The monoisotopic (exact) mass is 512 g/mol. The number of carbonyl (C=O) groups is 2. The fourth-order valence-electron chi connectivity index (χ4n) is 2.40. The number of thioether (sulfide) groups is 2. The molecule has 0 saturated heterocycles. The number of carbonyl (C=O) groups excluding carboxylic acids is 2. The van der Waals surface area contributed by atoms with E-state index in [1.165, 1.54) is 34.9 Å². The van der Waals surface area contributed by atoms with E-state index in [0.717, 1.165) is 11.1 Å². The summed E-state index contributed by atoms with van der Waals surface area (Å²) in [5.74, 6) is 0.0756. The van der Waals surface area contributed by atoms with Crippen LogP contribution in [0.15, 0.2) is 45.1 Å². The van der Waals surface area contributed by atoms with E-state index in [-0.39, 0.29) is 23.3 Å². The van der Waals surface area contributed by atoms with Gasteiger partial charge in [0.25, 0.3) is 0 Å². The lowest BCUT2D eigenvalue weighted by Crippen LogP contribution is -2.14. The number of aromatic nitrogens is 2. The van der Waals surface area contributed by atoms with Crippen LogP contribution in [0.4, 0.5) is 11.4 Å². The minimum Gasteiger partial charge on any atom is -0.325 e. The normalized spacial score (nSPS) is 10.7. The molecule has 2 aromatic carbocycles. The predicted molar refractivity (Wildman–Crippen MR) is 131 cm³/mol. The summed E-state index contributed by atoms with van der Waals surface area (Å²) in [6.07, 6.45) is 0. The number of benzene rings is 2. The van der Waals surface area contributed by atoms with Crippen LogP contribution < -0.4 is 10.6 Å². The Hall–Kier alpha value is -1.78. The molecular formula is C20H18Cl2N4O2S3. The zero-order valence-electron chi connectivity index (χ0n) is 16.6. The predicted octanol–water partition coefficient (Wildman–Crippen LogP) is 5.92. The van der Waals surface area contributed by atoms with E-state index in [0.29, 0.717) is 30.1 Å². The molecule has 0 saturated carbocycles. The first-order valence-corrected chi connectivity index (χ1v) is 12.6. The van der Waals surface area contributed by atoms with E-state index in [4.69, 9.17) is 23.2 Å². The molecule has 0 aliphatic carbocycles. The Bertz CT molecular complexity index is 1020. The highest BCUT2D eigenvalue weighted by Gasteiger charge is 2.12. The SMILES string of the molecule is Cc1ccc(Cl)cc1NC(=O)CSc1nnc(SCC(=O)Nc2cc(Cl)ccc2C)s1. The number of anilines is 2. The first kappa shape index (κ1) is 23.9. The van der Waals surface area contributed by atoms with Crippen molar-refractivity contribution in [1.29, 1.82) is 0 Å². The third-order valence-corrected chi connectivity index (χ3v) is 7.65.